The number of amides is 1. The van der Waals surface area contributed by atoms with Gasteiger partial charge in [-0.25, -0.2) is 14.8 Å². The van der Waals surface area contributed by atoms with Gasteiger partial charge in [-0.05, 0) is 18.2 Å². The number of anilines is 1. The number of carboxylic acids is 1. The van der Waals surface area contributed by atoms with Crippen molar-refractivity contribution in [1.82, 2.24) is 15.3 Å². The lowest BCUT2D eigenvalue weighted by atomic mass is 10.1. The number of nitrogens with one attached hydrogen (secondary N) is 2. The molecule has 2 aromatic heterocycles. The number of rotatable bonds is 8. The second-order valence-corrected chi connectivity index (χ2v) is 6.65. The standard InChI is InChI=1S/C18H20N4O7/c23-14(8-26-9-15(24)25)20-11-6-28-17-12(7-29-16(11)17)22-18-19-4-3-10(21-18)13-2-1-5-27-13/h1-5,11-12,16-17H,6-9H2,(H,20,23)(H,24,25)(H,19,21,22)/t11-,12-,16+,17+/m0/s1. The van der Waals surface area contributed by atoms with Crippen molar-refractivity contribution in [2.24, 2.45) is 0 Å². The number of carboxylic acid groups (broad SMARTS) is 1. The minimum Gasteiger partial charge on any atom is -0.480 e. The molecule has 11 nitrogen and oxygen atoms in total. The summed E-state index contributed by atoms with van der Waals surface area (Å²) in [6.45, 7) is -0.216. The molecule has 11 heteroatoms. The van der Waals surface area contributed by atoms with E-state index in [0.29, 0.717) is 24.0 Å². The molecule has 0 aromatic carbocycles. The summed E-state index contributed by atoms with van der Waals surface area (Å²) in [6.07, 6.45) is 2.60. The molecule has 0 saturated carbocycles. The Hall–Kier alpha value is -3.02. The van der Waals surface area contributed by atoms with E-state index in [1.807, 2.05) is 6.07 Å². The molecule has 154 valence electrons. The number of nitrogens with zero attached hydrogens (tertiary/aromatic N) is 2. The third kappa shape index (κ3) is 4.53. The van der Waals surface area contributed by atoms with E-state index in [1.54, 1.807) is 24.6 Å². The molecule has 2 aliphatic rings. The number of carbonyl (C=O) groups is 2. The average molecular weight is 404 g/mol. The van der Waals surface area contributed by atoms with Crippen molar-refractivity contribution in [3.63, 3.8) is 0 Å². The smallest absolute Gasteiger partial charge is 0.329 e. The number of furan rings is 1. The van der Waals surface area contributed by atoms with E-state index in [2.05, 4.69) is 20.6 Å². The van der Waals surface area contributed by atoms with E-state index in [4.69, 9.17) is 23.7 Å². The number of hydrogen-bond acceptors (Lipinski definition) is 9. The summed E-state index contributed by atoms with van der Waals surface area (Å²) in [6, 6.07) is 4.82. The Morgan fingerprint density at radius 1 is 1.17 bits per heavy atom. The lowest BCUT2D eigenvalue weighted by Crippen LogP contribution is -2.46. The normalized spacial score (nSPS) is 25.5. The molecule has 2 saturated heterocycles. The van der Waals surface area contributed by atoms with Crippen LogP contribution in [0.2, 0.25) is 0 Å². The number of aliphatic carboxylic acids is 1. The zero-order valence-corrected chi connectivity index (χ0v) is 15.3. The number of fused-ring (bicyclic) bond motifs is 1. The maximum atomic E-state index is 11.9. The van der Waals surface area contributed by atoms with Crippen LogP contribution in [0.3, 0.4) is 0 Å². The van der Waals surface area contributed by atoms with Gasteiger partial charge in [-0.2, -0.15) is 0 Å². The van der Waals surface area contributed by atoms with Crippen molar-refractivity contribution < 1.29 is 33.3 Å². The van der Waals surface area contributed by atoms with Crippen LogP contribution in [0.15, 0.2) is 35.1 Å². The topological polar surface area (TPSA) is 145 Å². The van der Waals surface area contributed by atoms with E-state index in [0.717, 1.165) is 0 Å². The summed E-state index contributed by atoms with van der Waals surface area (Å²) in [5, 5.41) is 14.5. The molecule has 0 spiro atoms. The van der Waals surface area contributed by atoms with Crippen LogP contribution in [0.5, 0.6) is 0 Å². The molecule has 0 unspecified atom stereocenters. The molecular weight excluding hydrogens is 384 g/mol. The monoisotopic (exact) mass is 404 g/mol. The Morgan fingerprint density at radius 3 is 2.72 bits per heavy atom. The van der Waals surface area contributed by atoms with E-state index in [1.165, 1.54) is 0 Å². The first-order valence-corrected chi connectivity index (χ1v) is 9.06. The van der Waals surface area contributed by atoms with Crippen LogP contribution in [0.25, 0.3) is 11.5 Å². The minimum absolute atomic E-state index is 0.183. The fourth-order valence-corrected chi connectivity index (χ4v) is 3.38. The molecule has 2 aromatic rings. The number of ether oxygens (including phenoxy) is 3. The number of hydrogen-bond donors (Lipinski definition) is 3. The van der Waals surface area contributed by atoms with Crippen LogP contribution >= 0.6 is 0 Å². The van der Waals surface area contributed by atoms with Gasteiger partial charge >= 0.3 is 5.97 Å². The highest BCUT2D eigenvalue weighted by atomic mass is 16.6. The Balaban J connectivity index is 1.32. The third-order valence-electron chi connectivity index (χ3n) is 4.60. The fraction of sp³-hybridized carbons (Fsp3) is 0.444. The Labute approximate surface area is 165 Å². The molecule has 2 aliphatic heterocycles. The molecule has 3 N–H and O–H groups in total. The van der Waals surface area contributed by atoms with Gasteiger partial charge in [0, 0.05) is 6.20 Å². The van der Waals surface area contributed by atoms with Gasteiger partial charge in [0.1, 0.15) is 31.1 Å². The number of aromatic nitrogens is 2. The first-order chi connectivity index (χ1) is 14.1. The molecule has 29 heavy (non-hydrogen) atoms. The fourth-order valence-electron chi connectivity index (χ4n) is 3.38. The van der Waals surface area contributed by atoms with Gasteiger partial charge in [-0.3, -0.25) is 4.79 Å². The summed E-state index contributed by atoms with van der Waals surface area (Å²) < 4.78 is 21.8. The highest BCUT2D eigenvalue weighted by Crippen LogP contribution is 2.29. The molecule has 0 radical (unpaired) electrons. The maximum absolute atomic E-state index is 11.9. The van der Waals surface area contributed by atoms with Crippen LogP contribution in [0.1, 0.15) is 0 Å². The van der Waals surface area contributed by atoms with E-state index >= 15 is 0 Å². The second kappa shape index (κ2) is 8.55. The van der Waals surface area contributed by atoms with Gasteiger partial charge in [0.25, 0.3) is 0 Å². The molecule has 4 atom stereocenters. The summed E-state index contributed by atoms with van der Waals surface area (Å²) in [4.78, 5) is 31.0. The zero-order valence-electron chi connectivity index (χ0n) is 15.3. The van der Waals surface area contributed by atoms with E-state index in [-0.39, 0.29) is 37.5 Å². The predicted molar refractivity (Wildman–Crippen MR) is 97.0 cm³/mol. The van der Waals surface area contributed by atoms with Gasteiger partial charge in [0.05, 0.1) is 31.6 Å². The van der Waals surface area contributed by atoms with Gasteiger partial charge in [-0.15, -0.1) is 0 Å². The summed E-state index contributed by atoms with van der Waals surface area (Å²) in [5.74, 6) is -0.490. The van der Waals surface area contributed by atoms with E-state index in [9.17, 15) is 9.59 Å². The van der Waals surface area contributed by atoms with Gasteiger partial charge in [0.2, 0.25) is 11.9 Å². The summed E-state index contributed by atoms with van der Waals surface area (Å²) >= 11 is 0. The lowest BCUT2D eigenvalue weighted by molar-refractivity contribution is -0.143. The summed E-state index contributed by atoms with van der Waals surface area (Å²) in [5.41, 5.74) is 0.654. The molecule has 0 bridgehead atoms. The first-order valence-electron chi connectivity index (χ1n) is 9.06. The molecular formula is C18H20N4O7. The molecule has 0 aliphatic carbocycles. The van der Waals surface area contributed by atoms with Crippen LogP contribution in [-0.4, -0.2) is 77.7 Å². The third-order valence-corrected chi connectivity index (χ3v) is 4.60. The highest BCUT2D eigenvalue weighted by Gasteiger charge is 2.48. The Bertz CT molecular complexity index is 860. The lowest BCUT2D eigenvalue weighted by Gasteiger charge is -2.18. The quantitative estimate of drug-likeness (QED) is 0.545. The SMILES string of the molecule is O=C(O)COCC(=O)N[C@H]1CO[C@H]2[C@@H]1OC[C@@H]2Nc1nccc(-c2ccco2)n1. The molecule has 1 amide bonds. The Morgan fingerprint density at radius 2 is 1.97 bits per heavy atom. The average Bonchev–Trinajstić information content (AvgIpc) is 3.42. The van der Waals surface area contributed by atoms with Crippen LogP contribution < -0.4 is 10.6 Å². The molecule has 2 fully saturated rings. The second-order valence-electron chi connectivity index (χ2n) is 6.65. The van der Waals surface area contributed by atoms with E-state index < -0.39 is 18.5 Å². The van der Waals surface area contributed by atoms with Crippen molar-refractivity contribution in [3.8, 4) is 11.5 Å². The van der Waals surface area contributed by atoms with Crippen LogP contribution in [-0.2, 0) is 23.8 Å². The van der Waals surface area contributed by atoms with Gasteiger partial charge < -0.3 is 34.4 Å². The van der Waals surface area contributed by atoms with Crippen molar-refractivity contribution in [2.75, 3.05) is 31.7 Å². The van der Waals surface area contributed by atoms with Crippen molar-refractivity contribution in [1.29, 1.82) is 0 Å². The van der Waals surface area contributed by atoms with Crippen LogP contribution in [0, 0.1) is 0 Å². The predicted octanol–water partition coefficient (Wildman–Crippen LogP) is -0.0993. The van der Waals surface area contributed by atoms with Crippen molar-refractivity contribution >= 4 is 17.8 Å². The van der Waals surface area contributed by atoms with Gasteiger partial charge in [0.15, 0.2) is 5.76 Å². The molecule has 4 heterocycles. The number of carbonyl (C=O) groups excluding carboxylic acids is 1. The molecule has 4 rings (SSSR count). The first kappa shape index (κ1) is 19.3. The highest BCUT2D eigenvalue weighted by molar-refractivity contribution is 5.78. The Kier molecular flexibility index (Phi) is 5.69. The van der Waals surface area contributed by atoms with Crippen LogP contribution in [0.4, 0.5) is 5.95 Å². The van der Waals surface area contributed by atoms with Gasteiger partial charge in [-0.1, -0.05) is 0 Å². The minimum atomic E-state index is -1.13. The summed E-state index contributed by atoms with van der Waals surface area (Å²) in [7, 11) is 0. The van der Waals surface area contributed by atoms with Crippen molar-refractivity contribution in [3.05, 3.63) is 30.7 Å². The maximum Gasteiger partial charge on any atom is 0.329 e. The largest absolute Gasteiger partial charge is 0.480 e. The zero-order chi connectivity index (χ0) is 20.2. The van der Waals surface area contributed by atoms with Crippen molar-refractivity contribution in [2.45, 2.75) is 24.3 Å².